The Balaban J connectivity index is 2.02. The van der Waals surface area contributed by atoms with Gasteiger partial charge in [0.2, 0.25) is 11.5 Å². The SMILES string of the molecule is CSc1nc(-c2ccc(F)cc2C)c2c(n1)[N+]([O-])(c1c(F)cccc1F)CNC2. The predicted molar refractivity (Wildman–Crippen MR) is 107 cm³/mol. The summed E-state index contributed by atoms with van der Waals surface area (Å²) in [5, 5.41) is 17.0. The summed E-state index contributed by atoms with van der Waals surface area (Å²) in [6.45, 7) is 1.70. The fourth-order valence-electron chi connectivity index (χ4n) is 3.55. The molecule has 29 heavy (non-hydrogen) atoms. The molecule has 0 saturated carbocycles. The Bertz CT molecular complexity index is 1090. The van der Waals surface area contributed by atoms with Crippen molar-refractivity contribution in [2.75, 3.05) is 12.9 Å². The van der Waals surface area contributed by atoms with Gasteiger partial charge >= 0.3 is 0 Å². The number of thioether (sulfide) groups is 1. The summed E-state index contributed by atoms with van der Waals surface area (Å²) >= 11 is 1.21. The highest BCUT2D eigenvalue weighted by Gasteiger charge is 2.39. The molecule has 0 saturated heterocycles. The van der Waals surface area contributed by atoms with Crippen LogP contribution in [0.4, 0.5) is 24.7 Å². The minimum atomic E-state index is -1.43. The van der Waals surface area contributed by atoms with Gasteiger partial charge in [0.15, 0.2) is 16.8 Å². The molecule has 0 aliphatic carbocycles. The van der Waals surface area contributed by atoms with Crippen molar-refractivity contribution in [3.05, 3.63) is 70.2 Å². The van der Waals surface area contributed by atoms with Gasteiger partial charge in [-0.1, -0.05) is 17.8 Å². The Morgan fingerprint density at radius 2 is 1.83 bits per heavy atom. The number of benzene rings is 2. The van der Waals surface area contributed by atoms with Crippen LogP contribution in [0.25, 0.3) is 11.3 Å². The molecule has 0 spiro atoms. The van der Waals surface area contributed by atoms with Crippen LogP contribution < -0.4 is 9.96 Å². The number of aryl methyl sites for hydroxylation is 1. The molecule has 1 atom stereocenters. The van der Waals surface area contributed by atoms with Crippen LogP contribution in [0.2, 0.25) is 0 Å². The van der Waals surface area contributed by atoms with E-state index in [0.29, 0.717) is 27.5 Å². The van der Waals surface area contributed by atoms with Crippen LogP contribution in [0.5, 0.6) is 0 Å². The zero-order valence-corrected chi connectivity index (χ0v) is 16.5. The number of halogens is 3. The quantitative estimate of drug-likeness (QED) is 0.287. The van der Waals surface area contributed by atoms with Crippen LogP contribution >= 0.6 is 11.8 Å². The molecule has 5 nitrogen and oxygen atoms in total. The zero-order chi connectivity index (χ0) is 20.8. The van der Waals surface area contributed by atoms with Gasteiger partial charge in [-0.2, -0.15) is 4.98 Å². The first-order valence-electron chi connectivity index (χ1n) is 8.81. The highest BCUT2D eigenvalue weighted by atomic mass is 32.2. The fraction of sp³-hybridized carbons (Fsp3) is 0.200. The van der Waals surface area contributed by atoms with E-state index in [9.17, 15) is 18.4 Å². The van der Waals surface area contributed by atoms with Gasteiger partial charge in [0, 0.05) is 12.1 Å². The molecule has 1 aromatic heterocycles. The summed E-state index contributed by atoms with van der Waals surface area (Å²) < 4.78 is 41.2. The van der Waals surface area contributed by atoms with Gasteiger partial charge in [-0.15, -0.1) is 0 Å². The van der Waals surface area contributed by atoms with E-state index >= 15 is 0 Å². The number of hydrogen-bond acceptors (Lipinski definition) is 5. The van der Waals surface area contributed by atoms with Gasteiger partial charge in [0.25, 0.3) is 0 Å². The fourth-order valence-corrected chi connectivity index (χ4v) is 3.91. The maximum absolute atomic E-state index is 14.5. The summed E-state index contributed by atoms with van der Waals surface area (Å²) in [6.07, 6.45) is 1.74. The second-order valence-electron chi connectivity index (χ2n) is 6.72. The monoisotopic (exact) mass is 418 g/mol. The van der Waals surface area contributed by atoms with Crippen LogP contribution in [0, 0.1) is 29.6 Å². The lowest BCUT2D eigenvalue weighted by molar-refractivity contribution is 0.376. The average Bonchev–Trinajstić information content (AvgIpc) is 2.68. The van der Waals surface area contributed by atoms with Crippen molar-refractivity contribution in [3.8, 4) is 11.3 Å². The number of nitrogens with zero attached hydrogens (tertiary/aromatic N) is 3. The Kier molecular flexibility index (Phi) is 5.07. The molecule has 150 valence electrons. The molecule has 2 heterocycles. The van der Waals surface area contributed by atoms with Crippen molar-refractivity contribution in [2.24, 2.45) is 0 Å². The molecule has 1 N–H and O–H groups in total. The normalized spacial score (nSPS) is 18.6. The highest BCUT2D eigenvalue weighted by molar-refractivity contribution is 7.98. The lowest BCUT2D eigenvalue weighted by Crippen LogP contribution is -2.51. The van der Waals surface area contributed by atoms with Crippen molar-refractivity contribution in [2.45, 2.75) is 18.6 Å². The predicted octanol–water partition coefficient (Wildman–Crippen LogP) is 4.79. The maximum Gasteiger partial charge on any atom is 0.243 e. The summed E-state index contributed by atoms with van der Waals surface area (Å²) in [4.78, 5) is 8.86. The first-order chi connectivity index (χ1) is 13.8. The van der Waals surface area contributed by atoms with Gasteiger partial charge in [0.05, 0.1) is 11.3 Å². The van der Waals surface area contributed by atoms with Gasteiger partial charge < -0.3 is 5.21 Å². The van der Waals surface area contributed by atoms with Crippen molar-refractivity contribution < 1.29 is 13.2 Å². The third kappa shape index (κ3) is 3.29. The molecule has 0 bridgehead atoms. The van der Waals surface area contributed by atoms with Crippen molar-refractivity contribution in [1.82, 2.24) is 19.9 Å². The number of para-hydroxylation sites is 1. The van der Waals surface area contributed by atoms with E-state index < -0.39 is 22.0 Å². The molecule has 0 fully saturated rings. The minimum absolute atomic E-state index is 0.0224. The van der Waals surface area contributed by atoms with Gasteiger partial charge in [-0.25, -0.2) is 18.2 Å². The molecule has 9 heteroatoms. The third-order valence-corrected chi connectivity index (χ3v) is 5.42. The molecule has 1 aliphatic heterocycles. The van der Waals surface area contributed by atoms with Crippen molar-refractivity contribution in [1.29, 1.82) is 0 Å². The summed E-state index contributed by atoms with van der Waals surface area (Å²) in [6, 6.07) is 7.56. The molecular formula is C20H17F3N4OS. The van der Waals surface area contributed by atoms with E-state index in [-0.39, 0.29) is 24.8 Å². The number of hydrogen-bond donors (Lipinski definition) is 1. The second-order valence-corrected chi connectivity index (χ2v) is 7.49. The van der Waals surface area contributed by atoms with Crippen LogP contribution in [-0.2, 0) is 6.54 Å². The number of aromatic nitrogens is 2. The Morgan fingerprint density at radius 1 is 1.10 bits per heavy atom. The second kappa shape index (κ2) is 7.42. The van der Waals surface area contributed by atoms with E-state index in [1.807, 2.05) is 0 Å². The van der Waals surface area contributed by atoms with Crippen LogP contribution in [0.3, 0.4) is 0 Å². The lowest BCUT2D eigenvalue weighted by atomic mass is 10.00. The average molecular weight is 418 g/mol. The van der Waals surface area contributed by atoms with Gasteiger partial charge in [0.1, 0.15) is 12.5 Å². The standard InChI is InChI=1S/C20H17F3N4OS/c1-11-8-12(21)6-7-13(11)17-14-9-24-10-27(28,19(14)26-20(25-17)29-2)18-15(22)4-3-5-16(18)23/h3-8,24H,9-10H2,1-2H3. The van der Waals surface area contributed by atoms with E-state index in [1.54, 1.807) is 19.2 Å². The number of rotatable bonds is 3. The van der Waals surface area contributed by atoms with Crippen molar-refractivity contribution >= 4 is 23.3 Å². The minimum Gasteiger partial charge on any atom is -0.620 e. The van der Waals surface area contributed by atoms with E-state index in [2.05, 4.69) is 15.3 Å². The van der Waals surface area contributed by atoms with Gasteiger partial charge in [-0.3, -0.25) is 9.96 Å². The molecular weight excluding hydrogens is 401 g/mol. The largest absolute Gasteiger partial charge is 0.620 e. The molecule has 1 aliphatic rings. The molecule has 0 amide bonds. The topological polar surface area (TPSA) is 60.9 Å². The van der Waals surface area contributed by atoms with Crippen LogP contribution in [0.1, 0.15) is 11.1 Å². The number of nitrogens with one attached hydrogen (secondary N) is 1. The molecule has 4 rings (SSSR count). The number of quaternary nitrogens is 1. The number of fused-ring (bicyclic) bond motifs is 1. The first kappa shape index (κ1) is 19.8. The first-order valence-corrected chi connectivity index (χ1v) is 10.0. The summed E-state index contributed by atoms with van der Waals surface area (Å²) in [7, 11) is 0. The Labute approximate surface area is 169 Å². The Hall–Kier alpha value is -2.46. The summed E-state index contributed by atoms with van der Waals surface area (Å²) in [5.74, 6) is -2.30. The van der Waals surface area contributed by atoms with E-state index in [4.69, 9.17) is 0 Å². The lowest BCUT2D eigenvalue weighted by Gasteiger charge is -2.44. The summed E-state index contributed by atoms with van der Waals surface area (Å²) in [5.41, 5.74) is 1.50. The maximum atomic E-state index is 14.5. The van der Waals surface area contributed by atoms with Crippen molar-refractivity contribution in [3.63, 3.8) is 0 Å². The molecule has 0 radical (unpaired) electrons. The molecule has 3 aromatic rings. The molecule has 1 unspecified atom stereocenters. The zero-order valence-electron chi connectivity index (χ0n) is 15.7. The highest BCUT2D eigenvalue weighted by Crippen LogP contribution is 2.43. The molecule has 2 aromatic carbocycles. The third-order valence-electron chi connectivity index (χ3n) is 4.87. The van der Waals surface area contributed by atoms with Crippen LogP contribution in [0.15, 0.2) is 41.6 Å². The Morgan fingerprint density at radius 3 is 2.48 bits per heavy atom. The smallest absolute Gasteiger partial charge is 0.243 e. The van der Waals surface area contributed by atoms with Gasteiger partial charge in [-0.05, 0) is 49.1 Å². The van der Waals surface area contributed by atoms with Crippen LogP contribution in [-0.4, -0.2) is 22.9 Å². The number of hydroxylamine groups is 1. The van der Waals surface area contributed by atoms with E-state index in [1.165, 1.54) is 30.0 Å². The van der Waals surface area contributed by atoms with E-state index in [0.717, 1.165) is 12.1 Å².